The molecule has 1 aliphatic carbocycles. The molecule has 2 unspecified atom stereocenters. The summed E-state index contributed by atoms with van der Waals surface area (Å²) >= 11 is 4.79. The van der Waals surface area contributed by atoms with Gasteiger partial charge in [0.05, 0.1) is 6.10 Å². The number of halogens is 3. The second kappa shape index (κ2) is 9.54. The van der Waals surface area contributed by atoms with Gasteiger partial charge in [0.2, 0.25) is 0 Å². The van der Waals surface area contributed by atoms with Gasteiger partial charge in [-0.1, -0.05) is 63.9 Å². The molecule has 1 fully saturated rings. The van der Waals surface area contributed by atoms with Crippen molar-refractivity contribution >= 4 is 21.7 Å². The van der Waals surface area contributed by atoms with Gasteiger partial charge in [0, 0.05) is 11.3 Å². The van der Waals surface area contributed by atoms with Crippen LogP contribution < -0.4 is 5.32 Å². The van der Waals surface area contributed by atoms with Gasteiger partial charge in [0.15, 0.2) is 9.04 Å². The molecule has 1 saturated carbocycles. The summed E-state index contributed by atoms with van der Waals surface area (Å²) in [7, 11) is -1.46. The first kappa shape index (κ1) is 23.8. The smallest absolute Gasteiger partial charge is 0.407 e. The standard InChI is InChI=1S/C21H34F3NOSSi/c1-20(2,3)19(26-28(4)5)17(16(27)13-14-11-12-14)25-18(21(22,23)24)15-9-7-6-8-10-15/h6-10,14,16-19,25,27-28H,11-13H2,1-5H3/t16-,17?,18+,19?/m1/s1. The zero-order chi connectivity index (χ0) is 21.1. The third kappa shape index (κ3) is 7.08. The number of benzene rings is 1. The second-order valence-corrected chi connectivity index (χ2v) is 12.3. The second-order valence-electron chi connectivity index (χ2n) is 9.30. The Hall–Kier alpha value is -0.503. The lowest BCUT2D eigenvalue weighted by atomic mass is 9.82. The van der Waals surface area contributed by atoms with Gasteiger partial charge in [0.25, 0.3) is 0 Å². The van der Waals surface area contributed by atoms with Gasteiger partial charge < -0.3 is 4.43 Å². The minimum absolute atomic E-state index is 0.196. The maximum atomic E-state index is 14.0. The summed E-state index contributed by atoms with van der Waals surface area (Å²) in [6, 6.07) is 5.84. The highest BCUT2D eigenvalue weighted by atomic mass is 32.1. The van der Waals surface area contributed by atoms with Gasteiger partial charge in [0.1, 0.15) is 6.04 Å². The van der Waals surface area contributed by atoms with Crippen LogP contribution in [0.15, 0.2) is 30.3 Å². The summed E-state index contributed by atoms with van der Waals surface area (Å²) in [6.07, 6.45) is -1.63. The number of hydrogen-bond donors (Lipinski definition) is 2. The topological polar surface area (TPSA) is 21.3 Å². The molecule has 4 atom stereocenters. The highest BCUT2D eigenvalue weighted by Gasteiger charge is 2.46. The zero-order valence-electron chi connectivity index (χ0n) is 17.5. The van der Waals surface area contributed by atoms with Crippen LogP contribution in [0, 0.1) is 11.3 Å². The van der Waals surface area contributed by atoms with E-state index >= 15 is 0 Å². The van der Waals surface area contributed by atoms with Crippen molar-refractivity contribution in [3.8, 4) is 0 Å². The van der Waals surface area contributed by atoms with Crippen LogP contribution in [0.4, 0.5) is 13.2 Å². The maximum absolute atomic E-state index is 14.0. The summed E-state index contributed by atoms with van der Waals surface area (Å²) in [6.45, 7) is 10.2. The van der Waals surface area contributed by atoms with Crippen molar-refractivity contribution in [3.05, 3.63) is 35.9 Å². The number of thiol groups is 1. The number of hydrogen-bond acceptors (Lipinski definition) is 3. The monoisotopic (exact) mass is 433 g/mol. The molecule has 0 saturated heterocycles. The van der Waals surface area contributed by atoms with Crippen molar-refractivity contribution in [2.24, 2.45) is 11.3 Å². The zero-order valence-corrected chi connectivity index (χ0v) is 19.5. The van der Waals surface area contributed by atoms with E-state index in [0.717, 1.165) is 19.3 Å². The fourth-order valence-electron chi connectivity index (χ4n) is 3.58. The maximum Gasteiger partial charge on any atom is 0.407 e. The molecule has 1 N–H and O–H groups in total. The summed E-state index contributed by atoms with van der Waals surface area (Å²) in [5, 5.41) is 2.75. The molecule has 7 heteroatoms. The number of rotatable bonds is 9. The summed E-state index contributed by atoms with van der Waals surface area (Å²) in [5.74, 6) is 0.574. The predicted molar refractivity (Wildman–Crippen MR) is 115 cm³/mol. The molecule has 2 nitrogen and oxygen atoms in total. The summed E-state index contributed by atoms with van der Waals surface area (Å²) < 4.78 is 48.3. The molecule has 1 aliphatic rings. The van der Waals surface area contributed by atoms with Crippen LogP contribution >= 0.6 is 12.6 Å². The molecular weight excluding hydrogens is 399 g/mol. The van der Waals surface area contributed by atoms with Crippen LogP contribution in [0.5, 0.6) is 0 Å². The molecule has 0 aromatic heterocycles. The minimum Gasteiger partial charge on any atom is -0.416 e. The molecule has 28 heavy (non-hydrogen) atoms. The Morgan fingerprint density at radius 2 is 1.71 bits per heavy atom. The largest absolute Gasteiger partial charge is 0.416 e. The van der Waals surface area contributed by atoms with Crippen LogP contribution in [-0.4, -0.2) is 32.6 Å². The van der Waals surface area contributed by atoms with E-state index in [4.69, 9.17) is 17.1 Å². The van der Waals surface area contributed by atoms with Gasteiger partial charge in [-0.05, 0) is 36.4 Å². The molecule has 0 bridgehead atoms. The Morgan fingerprint density at radius 1 is 1.14 bits per heavy atom. The molecule has 1 aromatic carbocycles. The first-order valence-corrected chi connectivity index (χ1v) is 13.4. The Kier molecular flexibility index (Phi) is 8.10. The molecule has 0 amide bonds. The van der Waals surface area contributed by atoms with E-state index in [1.54, 1.807) is 18.2 Å². The third-order valence-electron chi connectivity index (χ3n) is 5.10. The van der Waals surface area contributed by atoms with E-state index in [1.807, 2.05) is 20.8 Å². The lowest BCUT2D eigenvalue weighted by Crippen LogP contribution is -2.56. The van der Waals surface area contributed by atoms with Crippen LogP contribution in [0.2, 0.25) is 13.1 Å². The van der Waals surface area contributed by atoms with E-state index in [2.05, 4.69) is 18.4 Å². The van der Waals surface area contributed by atoms with Crippen molar-refractivity contribution in [1.29, 1.82) is 0 Å². The van der Waals surface area contributed by atoms with E-state index < -0.39 is 27.3 Å². The van der Waals surface area contributed by atoms with E-state index in [-0.39, 0.29) is 22.3 Å². The van der Waals surface area contributed by atoms with Gasteiger partial charge in [-0.2, -0.15) is 25.8 Å². The van der Waals surface area contributed by atoms with Gasteiger partial charge in [-0.25, -0.2) is 0 Å². The minimum atomic E-state index is -4.40. The average molecular weight is 434 g/mol. The van der Waals surface area contributed by atoms with Crippen LogP contribution in [0.25, 0.3) is 0 Å². The van der Waals surface area contributed by atoms with Crippen LogP contribution in [-0.2, 0) is 4.43 Å². The fourth-order valence-corrected chi connectivity index (χ4v) is 5.28. The Labute approximate surface area is 174 Å². The lowest BCUT2D eigenvalue weighted by molar-refractivity contribution is -0.162. The number of alkyl halides is 3. The van der Waals surface area contributed by atoms with E-state index in [0.29, 0.717) is 5.92 Å². The van der Waals surface area contributed by atoms with Crippen LogP contribution in [0.3, 0.4) is 0 Å². The van der Waals surface area contributed by atoms with Gasteiger partial charge >= 0.3 is 6.18 Å². The lowest BCUT2D eigenvalue weighted by Gasteiger charge is -2.43. The van der Waals surface area contributed by atoms with Crippen molar-refractivity contribution in [3.63, 3.8) is 0 Å². The average Bonchev–Trinajstić information content (AvgIpc) is 3.36. The molecule has 0 spiro atoms. The van der Waals surface area contributed by atoms with Crippen LogP contribution in [0.1, 0.15) is 51.6 Å². The fraction of sp³-hybridized carbons (Fsp3) is 0.714. The molecule has 0 radical (unpaired) electrons. The quantitative estimate of drug-likeness (QED) is 0.381. The molecular formula is C21H34F3NOSSi. The van der Waals surface area contributed by atoms with E-state index in [1.165, 1.54) is 12.1 Å². The van der Waals surface area contributed by atoms with Crippen molar-refractivity contribution in [2.75, 3.05) is 0 Å². The molecule has 0 heterocycles. The number of nitrogens with one attached hydrogen (secondary N) is 1. The summed E-state index contributed by atoms with van der Waals surface area (Å²) in [4.78, 5) is 0. The van der Waals surface area contributed by atoms with Crippen molar-refractivity contribution in [2.45, 2.75) is 82.7 Å². The van der Waals surface area contributed by atoms with Gasteiger partial charge in [-0.15, -0.1) is 0 Å². The third-order valence-corrected chi connectivity index (χ3v) is 6.47. The normalized spacial score (nSPS) is 20.1. The highest BCUT2D eigenvalue weighted by molar-refractivity contribution is 7.81. The molecule has 2 rings (SSSR count). The van der Waals surface area contributed by atoms with E-state index in [9.17, 15) is 13.2 Å². The van der Waals surface area contributed by atoms with Crippen molar-refractivity contribution in [1.82, 2.24) is 5.32 Å². The molecule has 0 aliphatic heterocycles. The highest BCUT2D eigenvalue weighted by Crippen LogP contribution is 2.40. The Morgan fingerprint density at radius 3 is 2.14 bits per heavy atom. The summed E-state index contributed by atoms with van der Waals surface area (Å²) in [5.41, 5.74) is -0.0758. The Balaban J connectivity index is 2.37. The van der Waals surface area contributed by atoms with Gasteiger partial charge in [-0.3, -0.25) is 5.32 Å². The molecule has 160 valence electrons. The van der Waals surface area contributed by atoms with Crippen molar-refractivity contribution < 1.29 is 17.6 Å². The first-order chi connectivity index (χ1) is 12.9. The SMILES string of the molecule is C[SiH](C)OC(C(N[C@@H](c1ccccc1)C(F)(F)F)[C@H](S)CC1CC1)C(C)(C)C. The molecule has 1 aromatic rings. The predicted octanol–water partition coefficient (Wildman–Crippen LogP) is 5.76. The first-order valence-electron chi connectivity index (χ1n) is 10.1. The Bertz CT molecular complexity index is 602.